The van der Waals surface area contributed by atoms with Crippen molar-refractivity contribution in [3.8, 4) is 11.5 Å². The maximum atomic E-state index is 11.9. The van der Waals surface area contributed by atoms with Gasteiger partial charge in [0.1, 0.15) is 17.6 Å². The average Bonchev–Trinajstić information content (AvgIpc) is 3.03. The van der Waals surface area contributed by atoms with Crippen molar-refractivity contribution in [3.63, 3.8) is 0 Å². The second kappa shape index (κ2) is 9.31. The lowest BCUT2D eigenvalue weighted by Gasteiger charge is -2.23. The number of hydrogen-bond donors (Lipinski definition) is 1. The van der Waals surface area contributed by atoms with Gasteiger partial charge in [0.25, 0.3) is 0 Å². The normalized spacial score (nSPS) is 21.3. The van der Waals surface area contributed by atoms with Crippen LogP contribution in [-0.4, -0.2) is 63.8 Å². The maximum absolute atomic E-state index is 11.9. The highest BCUT2D eigenvalue weighted by Crippen LogP contribution is 2.24. The van der Waals surface area contributed by atoms with Crippen molar-refractivity contribution in [2.75, 3.05) is 40.9 Å². The monoisotopic (exact) mass is 363 g/mol. The summed E-state index contributed by atoms with van der Waals surface area (Å²) in [6.45, 7) is 6.04. The van der Waals surface area contributed by atoms with E-state index in [-0.39, 0.29) is 23.9 Å². The highest BCUT2D eigenvalue weighted by atomic mass is 16.5. The van der Waals surface area contributed by atoms with Gasteiger partial charge in [-0.1, -0.05) is 6.92 Å². The third kappa shape index (κ3) is 5.03. The third-order valence-corrected chi connectivity index (χ3v) is 4.57. The summed E-state index contributed by atoms with van der Waals surface area (Å²) in [5.74, 6) is 2.31. The van der Waals surface area contributed by atoms with Crippen LogP contribution in [0.2, 0.25) is 0 Å². The molecule has 1 saturated heterocycles. The second-order valence-electron chi connectivity index (χ2n) is 6.54. The molecule has 1 aromatic carbocycles. The number of rotatable bonds is 6. The molecule has 7 nitrogen and oxygen atoms in total. The zero-order valence-corrected chi connectivity index (χ0v) is 16.2. The molecule has 3 atom stereocenters. The minimum atomic E-state index is -0.160. The molecule has 1 aliphatic heterocycles. The first kappa shape index (κ1) is 19.9. The summed E-state index contributed by atoms with van der Waals surface area (Å²) in [6.07, 6.45) is -0.0448. The van der Waals surface area contributed by atoms with Crippen molar-refractivity contribution in [1.82, 2.24) is 10.2 Å². The number of aliphatic imine (C=N–C) groups is 1. The summed E-state index contributed by atoms with van der Waals surface area (Å²) in [4.78, 5) is 18.3. The van der Waals surface area contributed by atoms with Crippen LogP contribution in [0.25, 0.3) is 0 Å². The fraction of sp³-hybridized carbons (Fsp3) is 0.579. The number of hydrogen-bond acceptors (Lipinski definition) is 5. The molecular formula is C19H29N3O4. The summed E-state index contributed by atoms with van der Waals surface area (Å²) in [7, 11) is 4.81. The zero-order chi connectivity index (χ0) is 19.1. The van der Waals surface area contributed by atoms with Crippen LogP contribution in [0.5, 0.6) is 11.5 Å². The summed E-state index contributed by atoms with van der Waals surface area (Å²) >= 11 is 0. The molecule has 0 bridgehead atoms. The molecule has 0 amide bonds. The standard InChI is InChI=1S/C19H29N3O4/c1-13-11-22(12-17(13)18(23)25-5)19(20-3)21-10-14(2)26-16-8-6-15(24-4)7-9-16/h6-9,13-14,17H,10-12H2,1-5H3,(H,20,21). The molecular weight excluding hydrogens is 334 g/mol. The summed E-state index contributed by atoms with van der Waals surface area (Å²) in [5.41, 5.74) is 0. The Hall–Kier alpha value is -2.44. The number of likely N-dealkylation sites (tertiary alicyclic amines) is 1. The Morgan fingerprint density at radius 2 is 1.92 bits per heavy atom. The number of benzene rings is 1. The Kier molecular flexibility index (Phi) is 7.12. The smallest absolute Gasteiger partial charge is 0.310 e. The molecule has 1 N–H and O–H groups in total. The van der Waals surface area contributed by atoms with Crippen LogP contribution in [0, 0.1) is 11.8 Å². The first-order chi connectivity index (χ1) is 12.5. The molecule has 1 aromatic rings. The molecule has 0 radical (unpaired) electrons. The van der Waals surface area contributed by atoms with Crippen LogP contribution in [0.4, 0.5) is 0 Å². The first-order valence-corrected chi connectivity index (χ1v) is 8.82. The fourth-order valence-corrected chi connectivity index (χ4v) is 3.09. The molecule has 144 valence electrons. The Balaban J connectivity index is 1.85. The molecule has 0 aliphatic carbocycles. The minimum absolute atomic E-state index is 0.0448. The molecule has 7 heteroatoms. The number of carbonyl (C=O) groups is 1. The predicted molar refractivity (Wildman–Crippen MR) is 101 cm³/mol. The van der Waals surface area contributed by atoms with E-state index in [9.17, 15) is 4.79 Å². The van der Waals surface area contributed by atoms with Crippen LogP contribution in [-0.2, 0) is 9.53 Å². The molecule has 1 fully saturated rings. The van der Waals surface area contributed by atoms with Crippen molar-refractivity contribution in [1.29, 1.82) is 0 Å². The molecule has 0 aromatic heterocycles. The second-order valence-corrected chi connectivity index (χ2v) is 6.54. The van der Waals surface area contributed by atoms with Crippen LogP contribution in [0.15, 0.2) is 29.3 Å². The van der Waals surface area contributed by atoms with Gasteiger partial charge >= 0.3 is 5.97 Å². The van der Waals surface area contributed by atoms with Gasteiger partial charge < -0.3 is 24.4 Å². The Morgan fingerprint density at radius 1 is 1.27 bits per heavy atom. The van der Waals surface area contributed by atoms with Crippen molar-refractivity contribution < 1.29 is 19.0 Å². The topological polar surface area (TPSA) is 72.4 Å². The summed E-state index contributed by atoms with van der Waals surface area (Å²) < 4.78 is 15.9. The number of esters is 1. The molecule has 1 aliphatic rings. The van der Waals surface area contributed by atoms with Gasteiger partial charge in [-0.25, -0.2) is 0 Å². The van der Waals surface area contributed by atoms with Crippen LogP contribution >= 0.6 is 0 Å². The molecule has 26 heavy (non-hydrogen) atoms. The van der Waals surface area contributed by atoms with E-state index in [0.717, 1.165) is 24.0 Å². The number of ether oxygens (including phenoxy) is 3. The molecule has 2 rings (SSSR count). The number of methoxy groups -OCH3 is 2. The van der Waals surface area contributed by atoms with Crippen LogP contribution in [0.3, 0.4) is 0 Å². The van der Waals surface area contributed by atoms with E-state index in [1.54, 1.807) is 14.2 Å². The Bertz CT molecular complexity index is 618. The van der Waals surface area contributed by atoms with Crippen molar-refractivity contribution in [2.45, 2.75) is 20.0 Å². The number of guanidine groups is 1. The number of nitrogens with zero attached hydrogens (tertiary/aromatic N) is 2. The number of nitrogens with one attached hydrogen (secondary N) is 1. The van der Waals surface area contributed by atoms with Gasteiger partial charge in [-0.2, -0.15) is 0 Å². The third-order valence-electron chi connectivity index (χ3n) is 4.57. The van der Waals surface area contributed by atoms with Gasteiger partial charge in [0.05, 0.1) is 26.7 Å². The van der Waals surface area contributed by atoms with Gasteiger partial charge in [0.2, 0.25) is 0 Å². The highest BCUT2D eigenvalue weighted by molar-refractivity contribution is 5.82. The Labute approximate surface area is 155 Å². The fourth-order valence-electron chi connectivity index (χ4n) is 3.09. The molecule has 0 saturated carbocycles. The molecule has 0 spiro atoms. The zero-order valence-electron chi connectivity index (χ0n) is 16.2. The predicted octanol–water partition coefficient (Wildman–Crippen LogP) is 1.78. The number of carbonyl (C=O) groups excluding carboxylic acids is 1. The van der Waals surface area contributed by atoms with Crippen molar-refractivity contribution in [3.05, 3.63) is 24.3 Å². The molecule has 1 heterocycles. The van der Waals surface area contributed by atoms with Crippen LogP contribution in [0.1, 0.15) is 13.8 Å². The molecule has 3 unspecified atom stereocenters. The quantitative estimate of drug-likeness (QED) is 0.472. The van der Waals surface area contributed by atoms with Crippen molar-refractivity contribution in [2.24, 2.45) is 16.8 Å². The largest absolute Gasteiger partial charge is 0.497 e. The van der Waals surface area contributed by atoms with E-state index in [1.807, 2.05) is 31.2 Å². The van der Waals surface area contributed by atoms with Crippen LogP contribution < -0.4 is 14.8 Å². The van der Waals surface area contributed by atoms with Gasteiger partial charge in [-0.3, -0.25) is 9.79 Å². The van der Waals surface area contributed by atoms with E-state index < -0.39 is 0 Å². The van der Waals surface area contributed by atoms with E-state index in [2.05, 4.69) is 22.1 Å². The average molecular weight is 363 g/mol. The SMILES string of the molecule is CN=C(NCC(C)Oc1ccc(OC)cc1)N1CC(C)C(C(=O)OC)C1. The lowest BCUT2D eigenvalue weighted by atomic mass is 9.99. The van der Waals surface area contributed by atoms with E-state index >= 15 is 0 Å². The summed E-state index contributed by atoms with van der Waals surface area (Å²) in [5, 5.41) is 3.33. The van der Waals surface area contributed by atoms with E-state index in [1.165, 1.54) is 7.11 Å². The van der Waals surface area contributed by atoms with Crippen molar-refractivity contribution >= 4 is 11.9 Å². The van der Waals surface area contributed by atoms with Gasteiger partial charge in [-0.05, 0) is 37.1 Å². The first-order valence-electron chi connectivity index (χ1n) is 8.82. The van der Waals surface area contributed by atoms with Gasteiger partial charge in [-0.15, -0.1) is 0 Å². The van der Waals surface area contributed by atoms with Gasteiger partial charge in [0, 0.05) is 20.1 Å². The minimum Gasteiger partial charge on any atom is -0.497 e. The van der Waals surface area contributed by atoms with E-state index in [4.69, 9.17) is 14.2 Å². The van der Waals surface area contributed by atoms with E-state index in [0.29, 0.717) is 13.1 Å². The summed E-state index contributed by atoms with van der Waals surface area (Å²) in [6, 6.07) is 7.50. The lowest BCUT2D eigenvalue weighted by Crippen LogP contribution is -2.44. The Morgan fingerprint density at radius 3 is 2.50 bits per heavy atom. The lowest BCUT2D eigenvalue weighted by molar-refractivity contribution is -0.145. The van der Waals surface area contributed by atoms with Gasteiger partial charge in [0.15, 0.2) is 5.96 Å². The maximum Gasteiger partial charge on any atom is 0.310 e. The highest BCUT2D eigenvalue weighted by Gasteiger charge is 2.36.